The number of nitrogens with two attached hydrogens (primary N) is 1. The van der Waals surface area contributed by atoms with Gasteiger partial charge in [0.05, 0.1) is 35.9 Å². The predicted octanol–water partition coefficient (Wildman–Crippen LogP) is 3.90. The number of nitrogens with one attached hydrogen (secondary N) is 1. The molecule has 12 heteroatoms. The Balaban J connectivity index is 1.38. The van der Waals surface area contributed by atoms with Gasteiger partial charge in [-0.1, -0.05) is 52.7 Å². The van der Waals surface area contributed by atoms with Gasteiger partial charge in [0.15, 0.2) is 5.75 Å². The molecule has 3 aromatic rings. The molecule has 0 bridgehead atoms. The van der Waals surface area contributed by atoms with Gasteiger partial charge in [-0.2, -0.15) is 5.10 Å². The van der Waals surface area contributed by atoms with Gasteiger partial charge >= 0.3 is 0 Å². The molecular weight excluding hydrogens is 501 g/mol. The molecule has 0 aliphatic heterocycles. The molecule has 0 aliphatic rings. The highest BCUT2D eigenvalue weighted by Crippen LogP contribution is 2.33. The van der Waals surface area contributed by atoms with Crippen molar-refractivity contribution in [2.75, 3.05) is 32.2 Å². The first-order valence-corrected chi connectivity index (χ1v) is 11.8. The van der Waals surface area contributed by atoms with Crippen LogP contribution < -0.4 is 20.6 Å². The fourth-order valence-corrected chi connectivity index (χ4v) is 3.94. The standard InChI is InChI=1S/C22H23Cl2N5O4S/c1-14-4-2-3-5-18(14)32-8-6-31-7-9-33-21-16(23)10-15(11-17(21)24)13-26-27-19(30)12-20-28-29-22(25)34-20/h2-5,10-11,13H,6-9,12H2,1H3,(H2,25,29)(H,27,30)/b26-13-. The van der Waals surface area contributed by atoms with E-state index in [1.165, 1.54) is 6.21 Å². The lowest BCUT2D eigenvalue weighted by Crippen LogP contribution is -2.19. The van der Waals surface area contributed by atoms with E-state index in [0.29, 0.717) is 51.3 Å². The second kappa shape index (κ2) is 13.1. The first kappa shape index (κ1) is 25.7. The number of carbonyl (C=O) groups is 1. The van der Waals surface area contributed by atoms with Crippen LogP contribution in [-0.4, -0.2) is 48.7 Å². The third kappa shape index (κ3) is 8.14. The van der Waals surface area contributed by atoms with Crippen molar-refractivity contribution in [2.45, 2.75) is 13.3 Å². The molecular formula is C22H23Cl2N5O4S. The second-order valence-electron chi connectivity index (χ2n) is 6.89. The first-order chi connectivity index (χ1) is 16.4. The van der Waals surface area contributed by atoms with Gasteiger partial charge < -0.3 is 19.9 Å². The summed E-state index contributed by atoms with van der Waals surface area (Å²) in [5.74, 6) is 0.832. The molecule has 1 heterocycles. The predicted molar refractivity (Wildman–Crippen MR) is 133 cm³/mol. The molecule has 0 fully saturated rings. The minimum atomic E-state index is -0.353. The summed E-state index contributed by atoms with van der Waals surface area (Å²) in [6, 6.07) is 11.0. The molecule has 1 amide bonds. The maximum absolute atomic E-state index is 11.9. The molecule has 9 nitrogen and oxygen atoms in total. The van der Waals surface area contributed by atoms with Crippen molar-refractivity contribution in [2.24, 2.45) is 5.10 Å². The number of aryl methyl sites for hydroxylation is 1. The molecule has 0 atom stereocenters. The average Bonchev–Trinajstić information content (AvgIpc) is 3.20. The van der Waals surface area contributed by atoms with Crippen molar-refractivity contribution in [3.05, 3.63) is 62.6 Å². The maximum atomic E-state index is 11.9. The lowest BCUT2D eigenvalue weighted by molar-refractivity contribution is -0.120. The van der Waals surface area contributed by atoms with Crippen LogP contribution in [0.2, 0.25) is 10.0 Å². The SMILES string of the molecule is Cc1ccccc1OCCOCCOc1c(Cl)cc(/C=N\NC(=O)Cc2nnc(N)s2)cc1Cl. The number of hydrogen-bond donors (Lipinski definition) is 2. The van der Waals surface area contributed by atoms with Gasteiger partial charge in [0, 0.05) is 0 Å². The topological polar surface area (TPSA) is 121 Å². The van der Waals surface area contributed by atoms with Crippen LogP contribution in [0.3, 0.4) is 0 Å². The largest absolute Gasteiger partial charge is 0.491 e. The lowest BCUT2D eigenvalue weighted by Gasteiger charge is -2.12. The van der Waals surface area contributed by atoms with E-state index < -0.39 is 0 Å². The van der Waals surface area contributed by atoms with Crippen LogP contribution in [0.5, 0.6) is 11.5 Å². The summed E-state index contributed by atoms with van der Waals surface area (Å²) in [7, 11) is 0. The normalized spacial score (nSPS) is 11.0. The highest BCUT2D eigenvalue weighted by Gasteiger charge is 2.10. The van der Waals surface area contributed by atoms with E-state index in [4.69, 9.17) is 43.1 Å². The van der Waals surface area contributed by atoms with Crippen LogP contribution in [0.1, 0.15) is 16.1 Å². The Labute approximate surface area is 210 Å². The summed E-state index contributed by atoms with van der Waals surface area (Å²) in [6.45, 7) is 3.46. The number of amides is 1. The van der Waals surface area contributed by atoms with Gasteiger partial charge in [0.1, 0.15) is 24.0 Å². The molecule has 0 radical (unpaired) electrons. The third-order valence-corrected chi connectivity index (χ3v) is 5.58. The Morgan fingerprint density at radius 1 is 1.12 bits per heavy atom. The van der Waals surface area contributed by atoms with Crippen molar-refractivity contribution < 1.29 is 19.0 Å². The van der Waals surface area contributed by atoms with E-state index in [-0.39, 0.29) is 18.9 Å². The lowest BCUT2D eigenvalue weighted by atomic mass is 10.2. The quantitative estimate of drug-likeness (QED) is 0.209. The van der Waals surface area contributed by atoms with Crippen molar-refractivity contribution in [1.82, 2.24) is 15.6 Å². The summed E-state index contributed by atoms with van der Waals surface area (Å²) in [5.41, 5.74) is 9.55. The third-order valence-electron chi connectivity index (χ3n) is 4.27. The first-order valence-electron chi connectivity index (χ1n) is 10.2. The van der Waals surface area contributed by atoms with Crippen LogP contribution in [0.4, 0.5) is 5.13 Å². The number of aromatic nitrogens is 2. The highest BCUT2D eigenvalue weighted by atomic mass is 35.5. The molecule has 3 rings (SSSR count). The molecule has 34 heavy (non-hydrogen) atoms. The number of nitrogen functional groups attached to an aromatic ring is 1. The number of ether oxygens (including phenoxy) is 3. The van der Waals surface area contributed by atoms with Crippen molar-refractivity contribution in [1.29, 1.82) is 0 Å². The molecule has 180 valence electrons. The number of rotatable bonds is 12. The van der Waals surface area contributed by atoms with E-state index in [0.717, 1.165) is 22.6 Å². The molecule has 0 saturated heterocycles. The molecule has 0 saturated carbocycles. The number of carbonyl (C=O) groups excluding carboxylic acids is 1. The molecule has 0 spiro atoms. The van der Waals surface area contributed by atoms with Gasteiger partial charge in [-0.3, -0.25) is 4.79 Å². The van der Waals surface area contributed by atoms with Crippen molar-refractivity contribution in [3.8, 4) is 11.5 Å². The smallest absolute Gasteiger partial charge is 0.247 e. The Morgan fingerprint density at radius 2 is 1.82 bits per heavy atom. The Kier molecular flexibility index (Phi) is 9.89. The Bertz CT molecular complexity index is 1120. The van der Waals surface area contributed by atoms with Gasteiger partial charge in [-0.15, -0.1) is 10.2 Å². The monoisotopic (exact) mass is 523 g/mol. The second-order valence-corrected chi connectivity index (χ2v) is 8.80. The zero-order chi connectivity index (χ0) is 24.3. The summed E-state index contributed by atoms with van der Waals surface area (Å²) >= 11 is 13.7. The van der Waals surface area contributed by atoms with E-state index in [9.17, 15) is 4.79 Å². The minimum Gasteiger partial charge on any atom is -0.491 e. The van der Waals surface area contributed by atoms with Crippen LogP contribution in [0.15, 0.2) is 41.5 Å². The average molecular weight is 524 g/mol. The molecule has 1 aromatic heterocycles. The molecule has 0 aliphatic carbocycles. The number of halogens is 2. The number of nitrogens with zero attached hydrogens (tertiary/aromatic N) is 3. The fourth-order valence-electron chi connectivity index (χ4n) is 2.72. The number of para-hydroxylation sites is 1. The molecule has 2 aromatic carbocycles. The Morgan fingerprint density at radius 3 is 2.50 bits per heavy atom. The van der Waals surface area contributed by atoms with Gasteiger partial charge in [0.2, 0.25) is 11.0 Å². The summed E-state index contributed by atoms with van der Waals surface area (Å²) in [6.07, 6.45) is 1.45. The number of anilines is 1. The molecule has 0 unspecified atom stereocenters. The van der Waals surface area contributed by atoms with Crippen LogP contribution in [-0.2, 0) is 16.0 Å². The fraction of sp³-hybridized carbons (Fsp3) is 0.273. The van der Waals surface area contributed by atoms with Gasteiger partial charge in [-0.05, 0) is 36.2 Å². The van der Waals surface area contributed by atoms with E-state index in [1.54, 1.807) is 12.1 Å². The Hall–Kier alpha value is -2.92. The number of hydrogen-bond acceptors (Lipinski definition) is 9. The van der Waals surface area contributed by atoms with Crippen LogP contribution in [0, 0.1) is 6.92 Å². The summed E-state index contributed by atoms with van der Waals surface area (Å²) in [5, 5.41) is 12.8. The van der Waals surface area contributed by atoms with Gasteiger partial charge in [-0.25, -0.2) is 5.43 Å². The summed E-state index contributed by atoms with van der Waals surface area (Å²) in [4.78, 5) is 11.9. The van der Waals surface area contributed by atoms with Crippen LogP contribution in [0.25, 0.3) is 0 Å². The van der Waals surface area contributed by atoms with Gasteiger partial charge in [0.25, 0.3) is 0 Å². The number of hydrazone groups is 1. The van der Waals surface area contributed by atoms with Crippen molar-refractivity contribution in [3.63, 3.8) is 0 Å². The number of benzene rings is 2. The summed E-state index contributed by atoms with van der Waals surface area (Å²) < 4.78 is 16.9. The van der Waals surface area contributed by atoms with Crippen molar-refractivity contribution >= 4 is 51.8 Å². The van der Waals surface area contributed by atoms with E-state index >= 15 is 0 Å². The maximum Gasteiger partial charge on any atom is 0.247 e. The minimum absolute atomic E-state index is 0.0284. The van der Waals surface area contributed by atoms with Crippen LogP contribution >= 0.6 is 34.5 Å². The highest BCUT2D eigenvalue weighted by molar-refractivity contribution is 7.15. The van der Waals surface area contributed by atoms with E-state index in [2.05, 4.69) is 20.7 Å². The van der Waals surface area contributed by atoms with E-state index in [1.807, 2.05) is 31.2 Å². The zero-order valence-electron chi connectivity index (χ0n) is 18.3. The molecule has 3 N–H and O–H groups in total. The zero-order valence-corrected chi connectivity index (χ0v) is 20.6.